The Morgan fingerprint density at radius 1 is 0.526 bits per heavy atom. The molecule has 0 rings (SSSR count). The first-order chi connectivity index (χ1) is 27.8. The first-order valence-electron chi connectivity index (χ1n) is 23.5. The second-order valence-corrected chi connectivity index (χ2v) is 17.1. The van der Waals surface area contributed by atoms with Crippen LogP contribution in [0.15, 0.2) is 36.5 Å². The van der Waals surface area contributed by atoms with Crippen molar-refractivity contribution >= 4 is 19.8 Å². The number of ether oxygens (including phenoxy) is 2. The number of esters is 2. The van der Waals surface area contributed by atoms with Gasteiger partial charge in [-0.25, -0.2) is 4.57 Å². The lowest BCUT2D eigenvalue weighted by molar-refractivity contribution is -0.161. The number of phosphoric ester groups is 1. The van der Waals surface area contributed by atoms with Gasteiger partial charge in [-0.1, -0.05) is 172 Å². The van der Waals surface area contributed by atoms with E-state index < -0.39 is 26.5 Å². The van der Waals surface area contributed by atoms with E-state index in [9.17, 15) is 19.0 Å². The van der Waals surface area contributed by atoms with Gasteiger partial charge in [0.25, 0.3) is 0 Å². The van der Waals surface area contributed by atoms with Gasteiger partial charge >= 0.3 is 19.8 Å². The van der Waals surface area contributed by atoms with Crippen LogP contribution in [0, 0.1) is 0 Å². The summed E-state index contributed by atoms with van der Waals surface area (Å²) >= 11 is 0. The maximum Gasteiger partial charge on any atom is 0.472 e. The third-order valence-electron chi connectivity index (χ3n) is 10.00. The molecule has 0 fully saturated rings. The van der Waals surface area contributed by atoms with Gasteiger partial charge in [0.2, 0.25) is 0 Å². The van der Waals surface area contributed by atoms with Gasteiger partial charge in [0.05, 0.1) is 13.2 Å². The van der Waals surface area contributed by atoms with Crippen molar-refractivity contribution in [2.75, 3.05) is 26.4 Å². The molecular formula is C47H88NO8P. The minimum absolute atomic E-state index is 0.0515. The van der Waals surface area contributed by atoms with E-state index in [4.69, 9.17) is 24.3 Å². The van der Waals surface area contributed by atoms with Crippen molar-refractivity contribution in [1.82, 2.24) is 0 Å². The van der Waals surface area contributed by atoms with Crippen molar-refractivity contribution in [2.24, 2.45) is 5.73 Å². The first kappa shape index (κ1) is 55.2. The van der Waals surface area contributed by atoms with Crippen molar-refractivity contribution in [3.8, 4) is 0 Å². The Balaban J connectivity index is 4.12. The molecule has 334 valence electrons. The summed E-state index contributed by atoms with van der Waals surface area (Å²) in [7, 11) is -4.38. The largest absolute Gasteiger partial charge is 0.472 e. The third kappa shape index (κ3) is 43.6. The molecule has 0 saturated carbocycles. The topological polar surface area (TPSA) is 134 Å². The minimum Gasteiger partial charge on any atom is -0.462 e. The van der Waals surface area contributed by atoms with Gasteiger partial charge in [-0.2, -0.15) is 0 Å². The molecule has 0 aromatic rings. The molecule has 9 nitrogen and oxygen atoms in total. The zero-order chi connectivity index (χ0) is 41.8. The lowest BCUT2D eigenvalue weighted by Gasteiger charge is -2.19. The van der Waals surface area contributed by atoms with Gasteiger partial charge in [-0.15, -0.1) is 0 Å². The van der Waals surface area contributed by atoms with E-state index in [1.165, 1.54) is 122 Å². The SMILES string of the molecule is CCCCC/C=C\C/C=C\CCCCCCCCCC(=O)OC[C@H](COP(=O)(O)OCCN)OC(=O)CCCCCCCCC/C=C\CCCCCCCCCC. The van der Waals surface area contributed by atoms with Gasteiger partial charge in [-0.3, -0.25) is 18.6 Å². The maximum absolute atomic E-state index is 12.6. The highest BCUT2D eigenvalue weighted by Crippen LogP contribution is 2.43. The van der Waals surface area contributed by atoms with Crippen molar-refractivity contribution in [2.45, 2.75) is 225 Å². The Kier molecular flexibility index (Phi) is 42.4. The van der Waals surface area contributed by atoms with Gasteiger partial charge < -0.3 is 20.1 Å². The number of phosphoric acid groups is 1. The first-order valence-corrected chi connectivity index (χ1v) is 25.0. The summed E-state index contributed by atoms with van der Waals surface area (Å²) in [5, 5.41) is 0. The molecule has 0 aliphatic carbocycles. The average molecular weight is 826 g/mol. The van der Waals surface area contributed by atoms with Crippen LogP contribution in [0.4, 0.5) is 0 Å². The van der Waals surface area contributed by atoms with E-state index in [0.29, 0.717) is 6.42 Å². The van der Waals surface area contributed by atoms with Gasteiger partial charge in [0.1, 0.15) is 6.61 Å². The number of carbonyl (C=O) groups excluding carboxylic acids is 2. The third-order valence-corrected chi connectivity index (χ3v) is 11.0. The lowest BCUT2D eigenvalue weighted by atomic mass is 10.1. The van der Waals surface area contributed by atoms with Crippen LogP contribution in [0.3, 0.4) is 0 Å². The molecule has 57 heavy (non-hydrogen) atoms. The summed E-state index contributed by atoms with van der Waals surface area (Å²) in [6.45, 7) is 3.71. The molecule has 0 heterocycles. The van der Waals surface area contributed by atoms with Gasteiger partial charge in [-0.05, 0) is 70.6 Å². The molecule has 0 aromatic carbocycles. The standard InChI is InChI=1S/C47H88NO8P/c1-3-5-7-9-11-13-15-17-19-21-22-24-26-28-30-32-34-36-38-40-47(50)56-45(44-55-57(51,52)54-42-41-48)43-53-46(49)39-37-35-33-31-29-27-25-23-20-18-16-14-12-10-8-6-4-2/h12,14,18,20-22,45H,3-11,13,15-17,19,23-44,48H2,1-2H3,(H,51,52)/b14-12-,20-18-,22-21-/t45-/m1/s1. The van der Waals surface area contributed by atoms with Crippen LogP contribution >= 0.6 is 7.82 Å². The molecular weight excluding hydrogens is 737 g/mol. The van der Waals surface area contributed by atoms with Crippen LogP contribution in [-0.2, 0) is 32.7 Å². The summed E-state index contributed by atoms with van der Waals surface area (Å²) in [4.78, 5) is 34.9. The lowest BCUT2D eigenvalue weighted by Crippen LogP contribution is -2.29. The molecule has 0 amide bonds. The summed E-state index contributed by atoms with van der Waals surface area (Å²) in [5.74, 6) is -0.838. The van der Waals surface area contributed by atoms with E-state index in [0.717, 1.165) is 64.2 Å². The average Bonchev–Trinajstić information content (AvgIpc) is 3.20. The molecule has 2 atom stereocenters. The molecule has 0 radical (unpaired) electrons. The van der Waals surface area contributed by atoms with Crippen molar-refractivity contribution in [3.63, 3.8) is 0 Å². The fraction of sp³-hybridized carbons (Fsp3) is 0.830. The quantitative estimate of drug-likeness (QED) is 0.0266. The van der Waals surface area contributed by atoms with E-state index >= 15 is 0 Å². The zero-order valence-corrected chi connectivity index (χ0v) is 37.7. The molecule has 3 N–H and O–H groups in total. The molecule has 1 unspecified atom stereocenters. The molecule has 0 aliphatic rings. The van der Waals surface area contributed by atoms with E-state index in [1.807, 2.05) is 0 Å². The fourth-order valence-corrected chi connectivity index (χ4v) is 7.25. The number of rotatable bonds is 44. The minimum atomic E-state index is -4.38. The Labute approximate surface area is 350 Å². The highest BCUT2D eigenvalue weighted by molar-refractivity contribution is 7.47. The van der Waals surface area contributed by atoms with Crippen molar-refractivity contribution in [1.29, 1.82) is 0 Å². The van der Waals surface area contributed by atoms with Crippen molar-refractivity contribution in [3.05, 3.63) is 36.5 Å². The Hall–Kier alpha value is -1.77. The predicted molar refractivity (Wildman–Crippen MR) is 238 cm³/mol. The number of carbonyl (C=O) groups is 2. The molecule has 10 heteroatoms. The Morgan fingerprint density at radius 2 is 0.912 bits per heavy atom. The maximum atomic E-state index is 12.6. The zero-order valence-electron chi connectivity index (χ0n) is 36.8. The summed E-state index contributed by atoms with van der Waals surface area (Å²) < 4.78 is 32.8. The second-order valence-electron chi connectivity index (χ2n) is 15.6. The summed E-state index contributed by atoms with van der Waals surface area (Å²) in [6, 6.07) is 0. The monoisotopic (exact) mass is 826 g/mol. The predicted octanol–water partition coefficient (Wildman–Crippen LogP) is 13.7. The van der Waals surface area contributed by atoms with E-state index in [1.54, 1.807) is 0 Å². The summed E-state index contributed by atoms with van der Waals surface area (Å²) in [6.07, 6.45) is 48.8. The molecule has 0 aromatic heterocycles. The summed E-state index contributed by atoms with van der Waals surface area (Å²) in [5.41, 5.74) is 5.36. The van der Waals surface area contributed by atoms with Crippen LogP contribution in [0.2, 0.25) is 0 Å². The number of unbranched alkanes of at least 4 members (excludes halogenated alkanes) is 25. The van der Waals surface area contributed by atoms with Crippen LogP contribution < -0.4 is 5.73 Å². The van der Waals surface area contributed by atoms with Gasteiger partial charge in [0, 0.05) is 19.4 Å². The number of allylic oxidation sites excluding steroid dienone is 6. The van der Waals surface area contributed by atoms with E-state index in [-0.39, 0.29) is 38.6 Å². The highest BCUT2D eigenvalue weighted by atomic mass is 31.2. The van der Waals surface area contributed by atoms with Gasteiger partial charge in [0.15, 0.2) is 6.10 Å². The Bertz CT molecular complexity index is 1030. The molecule has 0 aliphatic heterocycles. The van der Waals surface area contributed by atoms with Crippen LogP contribution in [-0.4, -0.2) is 49.3 Å². The number of hydrogen-bond donors (Lipinski definition) is 2. The van der Waals surface area contributed by atoms with Crippen molar-refractivity contribution < 1.29 is 37.6 Å². The second kappa shape index (κ2) is 43.8. The number of nitrogens with two attached hydrogens (primary N) is 1. The normalized spacial score (nSPS) is 13.5. The van der Waals surface area contributed by atoms with E-state index in [2.05, 4.69) is 50.3 Å². The highest BCUT2D eigenvalue weighted by Gasteiger charge is 2.26. The van der Waals surface area contributed by atoms with Crippen LogP contribution in [0.25, 0.3) is 0 Å². The Morgan fingerprint density at radius 3 is 1.39 bits per heavy atom. The smallest absolute Gasteiger partial charge is 0.462 e. The number of hydrogen-bond acceptors (Lipinski definition) is 8. The molecule has 0 bridgehead atoms. The molecule has 0 spiro atoms. The molecule has 0 saturated heterocycles. The van der Waals surface area contributed by atoms with Crippen LogP contribution in [0.5, 0.6) is 0 Å². The van der Waals surface area contributed by atoms with Crippen LogP contribution in [0.1, 0.15) is 219 Å². The fourth-order valence-electron chi connectivity index (χ4n) is 6.48.